The van der Waals surface area contributed by atoms with Gasteiger partial charge < -0.3 is 9.32 Å². The van der Waals surface area contributed by atoms with Crippen molar-refractivity contribution in [3.8, 4) is 22.3 Å². The maximum absolute atomic E-state index is 6.31. The maximum atomic E-state index is 6.31. The standard InChI is InChI=1S/C53H39NO/c1-53(2)49-21-10-8-19-43(49)44-28-27-40(32-50(44)53)54(38-16-12-15-36(29-38)42-18-7-6-17-41(42)34-13-4-3-5-14-34)39-26-25-35-23-24-37-30-52-48(33-47(37)46(35)31-39)45-20-9-11-22-51(45)55-52/h3-20,22-33,49H,21H2,1-2H3. The fourth-order valence-electron chi connectivity index (χ4n) is 9.50. The van der Waals surface area contributed by atoms with Gasteiger partial charge in [-0.15, -0.1) is 0 Å². The lowest BCUT2D eigenvalue weighted by Gasteiger charge is -2.31. The van der Waals surface area contributed by atoms with E-state index in [0.717, 1.165) is 45.4 Å². The molecule has 11 rings (SSSR count). The predicted octanol–water partition coefficient (Wildman–Crippen LogP) is 14.9. The highest BCUT2D eigenvalue weighted by atomic mass is 16.3. The number of hydrogen-bond donors (Lipinski definition) is 0. The van der Waals surface area contributed by atoms with E-state index in [4.69, 9.17) is 4.42 Å². The van der Waals surface area contributed by atoms with Crippen molar-refractivity contribution in [3.63, 3.8) is 0 Å². The van der Waals surface area contributed by atoms with Gasteiger partial charge in [-0.1, -0.05) is 141 Å². The number of hydrogen-bond acceptors (Lipinski definition) is 2. The molecule has 1 aromatic heterocycles. The summed E-state index contributed by atoms with van der Waals surface area (Å²) in [5, 5.41) is 7.13. The van der Waals surface area contributed by atoms with Crippen LogP contribution in [0.1, 0.15) is 31.4 Å². The van der Waals surface area contributed by atoms with Gasteiger partial charge in [0.25, 0.3) is 0 Å². The Hall–Kier alpha value is -6.64. The topological polar surface area (TPSA) is 16.4 Å². The van der Waals surface area contributed by atoms with E-state index < -0.39 is 0 Å². The summed E-state index contributed by atoms with van der Waals surface area (Å²) in [7, 11) is 0. The van der Waals surface area contributed by atoms with E-state index in [1.165, 1.54) is 60.5 Å². The number of para-hydroxylation sites is 1. The molecule has 0 saturated heterocycles. The van der Waals surface area contributed by atoms with E-state index in [2.05, 4.69) is 195 Å². The molecule has 2 aliphatic carbocycles. The fraction of sp³-hybridized carbons (Fsp3) is 0.0943. The monoisotopic (exact) mass is 705 g/mol. The third-order valence-corrected chi connectivity index (χ3v) is 12.3. The first-order valence-corrected chi connectivity index (χ1v) is 19.4. The molecule has 9 aromatic rings. The van der Waals surface area contributed by atoms with Crippen molar-refractivity contribution in [2.45, 2.75) is 25.7 Å². The Kier molecular flexibility index (Phi) is 7.06. The van der Waals surface area contributed by atoms with Crippen LogP contribution in [0.15, 0.2) is 186 Å². The van der Waals surface area contributed by atoms with Crippen molar-refractivity contribution in [2.75, 3.05) is 4.90 Å². The lowest BCUT2D eigenvalue weighted by atomic mass is 9.75. The van der Waals surface area contributed by atoms with Crippen LogP contribution >= 0.6 is 0 Å². The van der Waals surface area contributed by atoms with Gasteiger partial charge in [-0.25, -0.2) is 0 Å². The Labute approximate surface area is 321 Å². The molecule has 55 heavy (non-hydrogen) atoms. The van der Waals surface area contributed by atoms with Crippen LogP contribution < -0.4 is 4.90 Å². The molecule has 0 fully saturated rings. The molecule has 262 valence electrons. The van der Waals surface area contributed by atoms with Gasteiger partial charge >= 0.3 is 0 Å². The number of anilines is 3. The average Bonchev–Trinajstić information content (AvgIpc) is 3.71. The molecule has 8 aromatic carbocycles. The second-order valence-corrected chi connectivity index (χ2v) is 15.7. The molecule has 0 bridgehead atoms. The summed E-state index contributed by atoms with van der Waals surface area (Å²) < 4.78 is 6.31. The highest BCUT2D eigenvalue weighted by Crippen LogP contribution is 2.54. The van der Waals surface area contributed by atoms with Gasteiger partial charge in [-0.05, 0) is 133 Å². The predicted molar refractivity (Wildman–Crippen MR) is 233 cm³/mol. The van der Waals surface area contributed by atoms with Crippen molar-refractivity contribution < 1.29 is 4.42 Å². The Morgan fingerprint density at radius 3 is 2.09 bits per heavy atom. The summed E-state index contributed by atoms with van der Waals surface area (Å²) in [6.45, 7) is 4.85. The summed E-state index contributed by atoms with van der Waals surface area (Å²) in [5.74, 6) is 0.483. The SMILES string of the molecule is CC1(C)c2cc(N(c3cccc(-c4ccccc4-c4ccccc4)c3)c3ccc4ccc5cc6oc7ccccc7c6cc5c4c3)ccc2C2=CC=CCC21. The van der Waals surface area contributed by atoms with Crippen LogP contribution in [-0.4, -0.2) is 0 Å². The van der Waals surface area contributed by atoms with Crippen molar-refractivity contribution in [1.29, 1.82) is 0 Å². The fourth-order valence-corrected chi connectivity index (χ4v) is 9.50. The number of benzene rings is 8. The van der Waals surface area contributed by atoms with Crippen molar-refractivity contribution in [1.82, 2.24) is 0 Å². The summed E-state index contributed by atoms with van der Waals surface area (Å²) in [6, 6.07) is 60.0. The Balaban J connectivity index is 1.13. The smallest absolute Gasteiger partial charge is 0.136 e. The summed E-state index contributed by atoms with van der Waals surface area (Å²) >= 11 is 0. The molecule has 1 unspecified atom stereocenters. The first kappa shape index (κ1) is 31.8. The zero-order chi connectivity index (χ0) is 36.7. The van der Waals surface area contributed by atoms with Crippen molar-refractivity contribution >= 4 is 66.1 Å². The Bertz CT molecular complexity index is 3050. The Morgan fingerprint density at radius 2 is 1.20 bits per heavy atom. The second-order valence-electron chi connectivity index (χ2n) is 15.7. The highest BCUT2D eigenvalue weighted by Gasteiger charge is 2.43. The third-order valence-electron chi connectivity index (χ3n) is 12.3. The van der Waals surface area contributed by atoms with Gasteiger partial charge in [-0.3, -0.25) is 0 Å². The van der Waals surface area contributed by atoms with E-state index in [9.17, 15) is 0 Å². The zero-order valence-corrected chi connectivity index (χ0v) is 31.0. The zero-order valence-electron chi connectivity index (χ0n) is 31.0. The molecule has 1 heterocycles. The first-order valence-electron chi connectivity index (χ1n) is 19.4. The molecule has 0 radical (unpaired) electrons. The summed E-state index contributed by atoms with van der Waals surface area (Å²) in [6.07, 6.45) is 7.97. The molecular weight excluding hydrogens is 667 g/mol. The minimum Gasteiger partial charge on any atom is -0.456 e. The second kappa shape index (κ2) is 12.2. The lowest BCUT2D eigenvalue weighted by Crippen LogP contribution is -2.24. The van der Waals surface area contributed by atoms with Crippen molar-refractivity contribution in [3.05, 3.63) is 193 Å². The first-order chi connectivity index (χ1) is 27.0. The van der Waals surface area contributed by atoms with Gasteiger partial charge in [-0.2, -0.15) is 0 Å². The molecule has 2 heteroatoms. The molecule has 0 N–H and O–H groups in total. The van der Waals surface area contributed by atoms with Crippen LogP contribution in [0.5, 0.6) is 0 Å². The molecule has 0 aliphatic heterocycles. The van der Waals surface area contributed by atoms with Crippen LogP contribution in [0.4, 0.5) is 17.1 Å². The van der Waals surface area contributed by atoms with Gasteiger partial charge in [0, 0.05) is 27.8 Å². The van der Waals surface area contributed by atoms with Crippen LogP contribution in [0, 0.1) is 5.92 Å². The molecule has 2 aliphatic rings. The highest BCUT2D eigenvalue weighted by molar-refractivity contribution is 6.17. The van der Waals surface area contributed by atoms with Gasteiger partial charge in [0.15, 0.2) is 0 Å². The number of furan rings is 1. The number of allylic oxidation sites excluding steroid dienone is 4. The summed E-state index contributed by atoms with van der Waals surface area (Å²) in [5.41, 5.74) is 14.4. The lowest BCUT2D eigenvalue weighted by molar-refractivity contribution is 0.415. The molecule has 1 atom stereocenters. The van der Waals surface area contributed by atoms with E-state index in [1.807, 2.05) is 6.07 Å². The Morgan fingerprint density at radius 1 is 0.509 bits per heavy atom. The average molecular weight is 706 g/mol. The van der Waals surface area contributed by atoms with Gasteiger partial charge in [0.1, 0.15) is 11.2 Å². The third kappa shape index (κ3) is 5.02. The van der Waals surface area contributed by atoms with E-state index >= 15 is 0 Å². The van der Waals surface area contributed by atoms with Crippen LogP contribution in [-0.2, 0) is 5.41 Å². The van der Waals surface area contributed by atoms with Crippen LogP contribution in [0.3, 0.4) is 0 Å². The van der Waals surface area contributed by atoms with Gasteiger partial charge in [0.2, 0.25) is 0 Å². The normalized spacial score (nSPS) is 15.7. The van der Waals surface area contributed by atoms with Crippen LogP contribution in [0.25, 0.3) is 71.3 Å². The van der Waals surface area contributed by atoms with E-state index in [1.54, 1.807) is 0 Å². The number of rotatable bonds is 5. The maximum Gasteiger partial charge on any atom is 0.136 e. The minimum atomic E-state index is 0.0163. The van der Waals surface area contributed by atoms with Gasteiger partial charge in [0.05, 0.1) is 0 Å². The van der Waals surface area contributed by atoms with Crippen molar-refractivity contribution in [2.24, 2.45) is 5.92 Å². The van der Waals surface area contributed by atoms with Crippen LogP contribution in [0.2, 0.25) is 0 Å². The largest absolute Gasteiger partial charge is 0.456 e. The molecule has 2 nitrogen and oxygen atoms in total. The molecule has 0 amide bonds. The van der Waals surface area contributed by atoms with E-state index in [-0.39, 0.29) is 5.41 Å². The molecule has 0 spiro atoms. The quantitative estimate of drug-likeness (QED) is 0.166. The van der Waals surface area contributed by atoms with E-state index in [0.29, 0.717) is 5.92 Å². The number of nitrogens with zero attached hydrogens (tertiary/aromatic N) is 1. The minimum absolute atomic E-state index is 0.0163. The molecule has 0 saturated carbocycles. The molecular formula is C53H39NO. The summed E-state index contributed by atoms with van der Waals surface area (Å²) in [4.78, 5) is 2.46. The number of fused-ring (bicyclic) bond motifs is 9.